The van der Waals surface area contributed by atoms with Gasteiger partial charge in [0.1, 0.15) is 11.4 Å². The van der Waals surface area contributed by atoms with Gasteiger partial charge in [-0.15, -0.1) is 0 Å². The first kappa shape index (κ1) is 22.0. The van der Waals surface area contributed by atoms with Crippen molar-refractivity contribution in [1.82, 2.24) is 10.6 Å². The molecule has 1 aromatic rings. The lowest BCUT2D eigenvalue weighted by molar-refractivity contribution is 0.0230. The van der Waals surface area contributed by atoms with Gasteiger partial charge in [0, 0.05) is 13.1 Å². The Hall–Kier alpha value is -2.00. The van der Waals surface area contributed by atoms with Gasteiger partial charge in [-0.1, -0.05) is 0 Å². The van der Waals surface area contributed by atoms with E-state index in [1.54, 1.807) is 0 Å². The highest BCUT2D eigenvalue weighted by Gasteiger charge is 2.22. The highest BCUT2D eigenvalue weighted by Crippen LogP contribution is 2.08. The van der Waals surface area contributed by atoms with E-state index in [-0.39, 0.29) is 22.6 Å². The minimum Gasteiger partial charge on any atom is -0.478 e. The first-order valence-electron chi connectivity index (χ1n) is 8.37. The third-order valence-electron chi connectivity index (χ3n) is 3.61. The molecule has 0 atom stereocenters. The second-order valence-electron chi connectivity index (χ2n) is 6.76. The van der Waals surface area contributed by atoms with Crippen LogP contribution in [-0.2, 0) is 9.47 Å². The lowest BCUT2D eigenvalue weighted by Gasteiger charge is -2.15. The summed E-state index contributed by atoms with van der Waals surface area (Å²) < 4.78 is 10.5. The van der Waals surface area contributed by atoms with Gasteiger partial charge in [-0.3, -0.25) is 10.6 Å². The van der Waals surface area contributed by atoms with Crippen molar-refractivity contribution < 1.29 is 29.3 Å². The van der Waals surface area contributed by atoms with E-state index in [0.29, 0.717) is 0 Å². The molecule has 0 saturated carbocycles. The summed E-state index contributed by atoms with van der Waals surface area (Å²) >= 11 is 0. The predicted octanol–water partition coefficient (Wildman–Crippen LogP) is 1.77. The number of rotatable bonds is 2. The van der Waals surface area contributed by atoms with Crippen molar-refractivity contribution in [2.45, 2.75) is 39.1 Å². The maximum Gasteiger partial charge on any atom is 0.335 e. The number of carboxylic acids is 2. The first-order valence-corrected chi connectivity index (χ1v) is 8.37. The molecule has 0 bridgehead atoms. The second-order valence-corrected chi connectivity index (χ2v) is 6.76. The van der Waals surface area contributed by atoms with Crippen LogP contribution >= 0.6 is 0 Å². The van der Waals surface area contributed by atoms with Crippen molar-refractivity contribution in [2.24, 2.45) is 0 Å². The second kappa shape index (κ2) is 9.63. The van der Waals surface area contributed by atoms with Gasteiger partial charge >= 0.3 is 11.9 Å². The number of carboxylic acid groups (broad SMARTS) is 2. The average molecular weight is 368 g/mol. The summed E-state index contributed by atoms with van der Waals surface area (Å²) in [5, 5.41) is 23.3. The minimum absolute atomic E-state index is 0.0556. The van der Waals surface area contributed by atoms with Gasteiger partial charge in [0.15, 0.2) is 0 Å². The van der Waals surface area contributed by atoms with Gasteiger partial charge in [-0.2, -0.15) is 0 Å². The zero-order valence-electron chi connectivity index (χ0n) is 15.7. The molecule has 26 heavy (non-hydrogen) atoms. The Morgan fingerprint density at radius 1 is 0.808 bits per heavy atom. The molecule has 0 radical (unpaired) electrons. The molecule has 146 valence electrons. The normalized spacial score (nSPS) is 19.5. The Bertz CT molecular complexity index is 529. The molecule has 3 rings (SSSR count). The molecule has 8 nitrogen and oxygen atoms in total. The van der Waals surface area contributed by atoms with Crippen LogP contribution in [0.4, 0.5) is 0 Å². The third-order valence-corrected chi connectivity index (χ3v) is 3.61. The quantitative estimate of drug-likeness (QED) is 0.624. The molecule has 2 fully saturated rings. The molecule has 2 aliphatic heterocycles. The molecule has 0 unspecified atom stereocenters. The lowest BCUT2D eigenvalue weighted by atomic mass is 10.1. The number of hydrogen-bond acceptors (Lipinski definition) is 6. The molecule has 2 saturated heterocycles. The summed E-state index contributed by atoms with van der Waals surface area (Å²) in [4.78, 5) is 20.7. The number of ether oxygens (including phenoxy) is 2. The smallest absolute Gasteiger partial charge is 0.335 e. The van der Waals surface area contributed by atoms with Gasteiger partial charge in [0.25, 0.3) is 0 Å². The van der Waals surface area contributed by atoms with E-state index in [9.17, 15) is 9.59 Å². The van der Waals surface area contributed by atoms with E-state index >= 15 is 0 Å². The number of aromatic carboxylic acids is 2. The largest absolute Gasteiger partial charge is 0.478 e. The minimum atomic E-state index is -1.06. The summed E-state index contributed by atoms with van der Waals surface area (Å²) in [7, 11) is 0. The van der Waals surface area contributed by atoms with Crippen LogP contribution in [0.25, 0.3) is 0 Å². The molecular formula is C18H28N2O6. The highest BCUT2D eigenvalue weighted by atomic mass is 16.5. The third kappa shape index (κ3) is 8.39. The molecule has 8 heteroatoms. The maximum absolute atomic E-state index is 10.3. The fourth-order valence-electron chi connectivity index (χ4n) is 2.17. The number of hydrogen-bond donors (Lipinski definition) is 4. The Morgan fingerprint density at radius 3 is 1.23 bits per heavy atom. The zero-order valence-corrected chi connectivity index (χ0v) is 15.7. The molecule has 0 aromatic heterocycles. The van der Waals surface area contributed by atoms with Crippen LogP contribution in [-0.4, -0.2) is 59.9 Å². The van der Waals surface area contributed by atoms with Gasteiger partial charge in [-0.25, -0.2) is 9.59 Å². The Labute approximate surface area is 153 Å². The van der Waals surface area contributed by atoms with Gasteiger partial charge in [0.05, 0.1) is 24.3 Å². The van der Waals surface area contributed by atoms with Crippen LogP contribution in [0.5, 0.6) is 0 Å². The molecule has 2 heterocycles. The summed E-state index contributed by atoms with van der Waals surface area (Å²) in [6, 6.07) is 5.02. The zero-order chi connectivity index (χ0) is 19.8. The molecular weight excluding hydrogens is 340 g/mol. The van der Waals surface area contributed by atoms with Crippen molar-refractivity contribution >= 4 is 11.9 Å². The van der Waals surface area contributed by atoms with Crippen molar-refractivity contribution in [3.63, 3.8) is 0 Å². The Balaban J connectivity index is 0.000000207. The van der Waals surface area contributed by atoms with Crippen LogP contribution in [0.3, 0.4) is 0 Å². The van der Waals surface area contributed by atoms with Crippen LogP contribution < -0.4 is 10.6 Å². The molecule has 4 N–H and O–H groups in total. The maximum atomic E-state index is 10.3. The summed E-state index contributed by atoms with van der Waals surface area (Å²) in [5.74, 6) is -2.13. The average Bonchev–Trinajstić information content (AvgIpc) is 3.15. The standard InChI is InChI=1S/C8H6O4.2C5H11NO/c9-7(10)5-1-2-6(4-3-5)8(11)12;2*1-5(2)6-3-4-7-5/h1-4H,(H,9,10)(H,11,12);2*6H,3-4H2,1-2H3. The van der Waals surface area contributed by atoms with Crippen molar-refractivity contribution in [3.8, 4) is 0 Å². The van der Waals surface area contributed by atoms with E-state index < -0.39 is 11.9 Å². The number of carbonyl (C=O) groups is 2. The number of nitrogens with one attached hydrogen (secondary N) is 2. The van der Waals surface area contributed by atoms with Gasteiger partial charge in [-0.05, 0) is 52.0 Å². The Morgan fingerprint density at radius 2 is 1.12 bits per heavy atom. The molecule has 0 spiro atoms. The van der Waals surface area contributed by atoms with E-state index in [0.717, 1.165) is 26.3 Å². The molecule has 2 aliphatic rings. The summed E-state index contributed by atoms with van der Waals surface area (Å²) in [5.41, 5.74) is 0.0556. The van der Waals surface area contributed by atoms with Crippen molar-refractivity contribution in [2.75, 3.05) is 26.3 Å². The van der Waals surface area contributed by atoms with Gasteiger partial charge in [0.2, 0.25) is 0 Å². The van der Waals surface area contributed by atoms with E-state index in [1.165, 1.54) is 24.3 Å². The van der Waals surface area contributed by atoms with E-state index in [4.69, 9.17) is 19.7 Å². The van der Waals surface area contributed by atoms with Gasteiger partial charge < -0.3 is 19.7 Å². The highest BCUT2D eigenvalue weighted by molar-refractivity contribution is 5.91. The monoisotopic (exact) mass is 368 g/mol. The summed E-state index contributed by atoms with van der Waals surface area (Å²) in [6.07, 6.45) is 0. The summed E-state index contributed by atoms with van der Waals surface area (Å²) in [6.45, 7) is 11.8. The van der Waals surface area contributed by atoms with Crippen LogP contribution in [0.15, 0.2) is 24.3 Å². The van der Waals surface area contributed by atoms with E-state index in [2.05, 4.69) is 10.6 Å². The first-order chi connectivity index (χ1) is 12.0. The fourth-order valence-corrected chi connectivity index (χ4v) is 2.17. The lowest BCUT2D eigenvalue weighted by Crippen LogP contribution is -2.33. The van der Waals surface area contributed by atoms with Crippen molar-refractivity contribution in [1.29, 1.82) is 0 Å². The predicted molar refractivity (Wildman–Crippen MR) is 96.4 cm³/mol. The fraction of sp³-hybridized carbons (Fsp3) is 0.556. The van der Waals surface area contributed by atoms with Crippen molar-refractivity contribution in [3.05, 3.63) is 35.4 Å². The number of benzene rings is 1. The van der Waals surface area contributed by atoms with Crippen LogP contribution in [0, 0.1) is 0 Å². The molecule has 0 aliphatic carbocycles. The molecule has 1 aromatic carbocycles. The van der Waals surface area contributed by atoms with Crippen LogP contribution in [0.1, 0.15) is 48.4 Å². The molecule has 0 amide bonds. The topological polar surface area (TPSA) is 117 Å². The van der Waals surface area contributed by atoms with E-state index in [1.807, 2.05) is 27.7 Å². The van der Waals surface area contributed by atoms with Crippen LogP contribution in [0.2, 0.25) is 0 Å². The Kier molecular flexibility index (Phi) is 8.16. The SMILES string of the molecule is CC1(C)NCCO1.CC1(C)NCCO1.O=C(O)c1ccc(C(=O)O)cc1.